The van der Waals surface area contributed by atoms with E-state index >= 15 is 0 Å². The SMILES string of the molecule is COc1ccc(CCNC(=O)c2c[nH]c3ccc(S(=O)(=O)N4CCCCCC4)cc3c2=O)cc1OC. The van der Waals surface area contributed by atoms with E-state index in [1.165, 1.54) is 22.6 Å². The number of carbonyl (C=O) groups is 1. The van der Waals surface area contributed by atoms with Gasteiger partial charge in [0.25, 0.3) is 5.91 Å². The van der Waals surface area contributed by atoms with Gasteiger partial charge in [-0.05, 0) is 55.2 Å². The van der Waals surface area contributed by atoms with Crippen molar-refractivity contribution in [3.8, 4) is 11.5 Å². The largest absolute Gasteiger partial charge is 0.493 e. The second-order valence-corrected chi connectivity index (χ2v) is 10.7. The average molecular weight is 514 g/mol. The lowest BCUT2D eigenvalue weighted by Crippen LogP contribution is -2.32. The summed E-state index contributed by atoms with van der Waals surface area (Å²) < 4.78 is 38.4. The van der Waals surface area contributed by atoms with Gasteiger partial charge in [-0.1, -0.05) is 18.9 Å². The molecule has 4 rings (SSSR count). The molecule has 36 heavy (non-hydrogen) atoms. The zero-order valence-corrected chi connectivity index (χ0v) is 21.3. The minimum atomic E-state index is -3.72. The monoisotopic (exact) mass is 513 g/mol. The molecule has 0 radical (unpaired) electrons. The molecule has 192 valence electrons. The van der Waals surface area contributed by atoms with E-state index in [0.717, 1.165) is 31.2 Å². The third-order valence-corrected chi connectivity index (χ3v) is 8.34. The summed E-state index contributed by atoms with van der Waals surface area (Å²) in [6, 6.07) is 9.94. The molecule has 0 unspecified atom stereocenters. The highest BCUT2D eigenvalue weighted by atomic mass is 32.2. The summed E-state index contributed by atoms with van der Waals surface area (Å²) in [6.45, 7) is 1.24. The van der Waals surface area contributed by atoms with E-state index in [9.17, 15) is 18.0 Å². The number of pyridine rings is 1. The van der Waals surface area contributed by atoms with E-state index in [0.29, 0.717) is 43.1 Å². The Morgan fingerprint density at radius 2 is 1.72 bits per heavy atom. The van der Waals surface area contributed by atoms with Crippen LogP contribution in [0.15, 0.2) is 52.3 Å². The van der Waals surface area contributed by atoms with Gasteiger partial charge in [0, 0.05) is 36.7 Å². The lowest BCUT2D eigenvalue weighted by atomic mass is 10.1. The van der Waals surface area contributed by atoms with Crippen molar-refractivity contribution in [3.63, 3.8) is 0 Å². The Bertz CT molecular complexity index is 1410. The number of H-pyrrole nitrogens is 1. The van der Waals surface area contributed by atoms with Crippen molar-refractivity contribution in [2.45, 2.75) is 37.0 Å². The highest BCUT2D eigenvalue weighted by Crippen LogP contribution is 2.27. The number of hydrogen-bond donors (Lipinski definition) is 2. The zero-order chi connectivity index (χ0) is 25.7. The van der Waals surface area contributed by atoms with E-state index in [-0.39, 0.29) is 15.8 Å². The third-order valence-electron chi connectivity index (χ3n) is 6.45. The van der Waals surface area contributed by atoms with Gasteiger partial charge in [-0.3, -0.25) is 9.59 Å². The molecular formula is C26H31N3O6S. The minimum absolute atomic E-state index is 0.0633. The van der Waals surface area contributed by atoms with Gasteiger partial charge in [-0.25, -0.2) is 8.42 Å². The highest BCUT2D eigenvalue weighted by molar-refractivity contribution is 7.89. The number of fused-ring (bicyclic) bond motifs is 1. The van der Waals surface area contributed by atoms with E-state index in [1.54, 1.807) is 26.4 Å². The molecule has 1 aliphatic heterocycles. The van der Waals surface area contributed by atoms with Gasteiger partial charge < -0.3 is 19.8 Å². The number of benzene rings is 2. The van der Waals surface area contributed by atoms with E-state index in [1.807, 2.05) is 12.1 Å². The van der Waals surface area contributed by atoms with Gasteiger partial charge >= 0.3 is 0 Å². The molecular weight excluding hydrogens is 482 g/mol. The van der Waals surface area contributed by atoms with Crippen molar-refractivity contribution in [2.24, 2.45) is 0 Å². The van der Waals surface area contributed by atoms with Crippen LogP contribution >= 0.6 is 0 Å². The van der Waals surface area contributed by atoms with Gasteiger partial charge in [-0.2, -0.15) is 4.31 Å². The van der Waals surface area contributed by atoms with E-state index in [2.05, 4.69) is 10.3 Å². The Morgan fingerprint density at radius 3 is 2.42 bits per heavy atom. The van der Waals surface area contributed by atoms with Gasteiger partial charge in [0.05, 0.1) is 19.1 Å². The first kappa shape index (κ1) is 25.7. The Balaban J connectivity index is 1.52. The maximum absolute atomic E-state index is 13.2. The van der Waals surface area contributed by atoms with Crippen molar-refractivity contribution in [2.75, 3.05) is 33.9 Å². The maximum atomic E-state index is 13.2. The van der Waals surface area contributed by atoms with Crippen LogP contribution < -0.4 is 20.2 Å². The van der Waals surface area contributed by atoms with Crippen LogP contribution in [0.1, 0.15) is 41.6 Å². The number of aromatic nitrogens is 1. The lowest BCUT2D eigenvalue weighted by Gasteiger charge is -2.20. The Morgan fingerprint density at radius 1 is 1.00 bits per heavy atom. The van der Waals surface area contributed by atoms with E-state index < -0.39 is 21.4 Å². The molecule has 1 aliphatic rings. The van der Waals surface area contributed by atoms with Crippen LogP contribution in [0.5, 0.6) is 11.5 Å². The summed E-state index contributed by atoms with van der Waals surface area (Å²) in [7, 11) is -0.604. The second kappa shape index (κ2) is 11.1. The number of nitrogens with zero attached hydrogens (tertiary/aromatic N) is 1. The normalized spacial score (nSPS) is 14.8. The topological polar surface area (TPSA) is 118 Å². The first-order valence-electron chi connectivity index (χ1n) is 12.0. The molecule has 1 fully saturated rings. The zero-order valence-electron chi connectivity index (χ0n) is 20.5. The predicted octanol–water partition coefficient (Wildman–Crippen LogP) is 3.08. The summed E-state index contributed by atoms with van der Waals surface area (Å²) in [5, 5.41) is 2.93. The third kappa shape index (κ3) is 5.39. The number of carbonyl (C=O) groups excluding carboxylic acids is 1. The van der Waals surface area contributed by atoms with Gasteiger partial charge in [0.15, 0.2) is 11.5 Å². The first-order valence-corrected chi connectivity index (χ1v) is 13.4. The van der Waals surface area contributed by atoms with Crippen LogP contribution in [-0.4, -0.2) is 57.5 Å². The summed E-state index contributed by atoms with van der Waals surface area (Å²) in [6.07, 6.45) is 5.54. The molecule has 1 saturated heterocycles. The Kier molecular flexibility index (Phi) is 7.95. The number of hydrogen-bond acceptors (Lipinski definition) is 6. The molecule has 0 bridgehead atoms. The average Bonchev–Trinajstić information content (AvgIpc) is 3.19. The predicted molar refractivity (Wildman–Crippen MR) is 137 cm³/mol. The number of rotatable bonds is 8. The van der Waals surface area contributed by atoms with Crippen molar-refractivity contribution in [1.82, 2.24) is 14.6 Å². The first-order chi connectivity index (χ1) is 17.3. The Hall–Kier alpha value is -3.37. The van der Waals surface area contributed by atoms with Gasteiger partial charge in [0.1, 0.15) is 5.56 Å². The fourth-order valence-electron chi connectivity index (χ4n) is 4.41. The van der Waals surface area contributed by atoms with Crippen molar-refractivity contribution in [3.05, 3.63) is 63.9 Å². The van der Waals surface area contributed by atoms with Crippen LogP contribution in [0.2, 0.25) is 0 Å². The Labute approximate surface area is 210 Å². The number of amides is 1. The smallest absolute Gasteiger partial charge is 0.256 e. The minimum Gasteiger partial charge on any atom is -0.493 e. The standard InChI is InChI=1S/C26H31N3O6S/c1-34-23-10-7-18(15-24(23)35-2)11-12-27-26(31)21-17-28-22-9-8-19(16-20(22)25(21)30)36(32,33)29-13-5-3-4-6-14-29/h7-10,15-17H,3-6,11-14H2,1-2H3,(H,27,31)(H,28,30). The van der Waals surface area contributed by atoms with Crippen LogP contribution in [0.25, 0.3) is 10.9 Å². The molecule has 2 heterocycles. The summed E-state index contributed by atoms with van der Waals surface area (Å²) >= 11 is 0. The molecule has 9 nitrogen and oxygen atoms in total. The number of methoxy groups -OCH3 is 2. The molecule has 2 aromatic carbocycles. The molecule has 0 atom stereocenters. The summed E-state index contributed by atoms with van der Waals surface area (Å²) in [5.74, 6) is 0.683. The second-order valence-electron chi connectivity index (χ2n) is 8.75. The lowest BCUT2D eigenvalue weighted by molar-refractivity contribution is 0.0953. The molecule has 1 amide bonds. The van der Waals surface area contributed by atoms with Gasteiger partial charge in [-0.15, -0.1) is 0 Å². The number of sulfonamides is 1. The molecule has 0 spiro atoms. The van der Waals surface area contributed by atoms with Crippen LogP contribution in [0.3, 0.4) is 0 Å². The van der Waals surface area contributed by atoms with Crippen LogP contribution in [-0.2, 0) is 16.4 Å². The summed E-state index contributed by atoms with van der Waals surface area (Å²) in [4.78, 5) is 28.9. The van der Waals surface area contributed by atoms with Crippen molar-refractivity contribution >= 4 is 26.8 Å². The molecule has 0 aliphatic carbocycles. The van der Waals surface area contributed by atoms with Crippen molar-refractivity contribution in [1.29, 1.82) is 0 Å². The number of nitrogens with one attached hydrogen (secondary N) is 2. The molecule has 1 aromatic heterocycles. The van der Waals surface area contributed by atoms with Gasteiger partial charge in [0.2, 0.25) is 15.5 Å². The van der Waals surface area contributed by atoms with Crippen molar-refractivity contribution < 1.29 is 22.7 Å². The fourth-order valence-corrected chi connectivity index (χ4v) is 5.95. The number of aromatic amines is 1. The molecule has 10 heteroatoms. The van der Waals surface area contributed by atoms with E-state index in [4.69, 9.17) is 9.47 Å². The van der Waals surface area contributed by atoms with Crippen LogP contribution in [0.4, 0.5) is 0 Å². The number of ether oxygens (including phenoxy) is 2. The fraction of sp³-hybridized carbons (Fsp3) is 0.385. The maximum Gasteiger partial charge on any atom is 0.256 e. The quantitative estimate of drug-likeness (QED) is 0.478. The van der Waals surface area contributed by atoms with Crippen LogP contribution in [0, 0.1) is 0 Å². The highest BCUT2D eigenvalue weighted by Gasteiger charge is 2.26. The molecule has 3 aromatic rings. The molecule has 2 N–H and O–H groups in total. The molecule has 0 saturated carbocycles. The summed E-state index contributed by atoms with van der Waals surface area (Å²) in [5.41, 5.74) is 0.819.